The summed E-state index contributed by atoms with van der Waals surface area (Å²) in [7, 11) is 0. The van der Waals surface area contributed by atoms with Crippen molar-refractivity contribution in [3.05, 3.63) is 18.5 Å². The first-order valence-corrected chi connectivity index (χ1v) is 4.49. The molecule has 0 spiro atoms. The number of aromatic nitrogens is 2. The zero-order valence-electron chi connectivity index (χ0n) is 8.03. The summed E-state index contributed by atoms with van der Waals surface area (Å²) < 4.78 is 1.61. The molecule has 0 bridgehead atoms. The molecule has 1 unspecified atom stereocenters. The van der Waals surface area contributed by atoms with Crippen LogP contribution in [0.3, 0.4) is 0 Å². The summed E-state index contributed by atoms with van der Waals surface area (Å²) in [4.78, 5) is 11.3. The maximum absolute atomic E-state index is 11.3. The normalized spacial score (nSPS) is 12.5. The van der Waals surface area contributed by atoms with Gasteiger partial charge in [-0.2, -0.15) is 5.10 Å². The highest BCUT2D eigenvalue weighted by Gasteiger charge is 2.05. The van der Waals surface area contributed by atoms with Gasteiger partial charge in [-0.25, -0.2) is 0 Å². The molecule has 0 fully saturated rings. The van der Waals surface area contributed by atoms with Crippen LogP contribution < -0.4 is 5.32 Å². The van der Waals surface area contributed by atoms with Gasteiger partial charge in [0.2, 0.25) is 5.91 Å². The third-order valence-electron chi connectivity index (χ3n) is 1.88. The van der Waals surface area contributed by atoms with Crippen LogP contribution in [0.4, 0.5) is 0 Å². The summed E-state index contributed by atoms with van der Waals surface area (Å²) in [6.07, 6.45) is 4.39. The number of carbonyl (C=O) groups excluding carboxylic acids is 1. The molecule has 1 heterocycles. The minimum absolute atomic E-state index is 0.0121. The molecule has 0 aromatic carbocycles. The zero-order valence-corrected chi connectivity index (χ0v) is 8.03. The van der Waals surface area contributed by atoms with Crippen LogP contribution in [-0.4, -0.2) is 21.7 Å². The Labute approximate surface area is 77.9 Å². The molecule has 4 heteroatoms. The minimum Gasteiger partial charge on any atom is -0.352 e. The third kappa shape index (κ3) is 3.27. The quantitative estimate of drug-likeness (QED) is 0.746. The van der Waals surface area contributed by atoms with Gasteiger partial charge >= 0.3 is 0 Å². The molecule has 0 aliphatic heterocycles. The lowest BCUT2D eigenvalue weighted by atomic mass is 10.2. The van der Waals surface area contributed by atoms with Gasteiger partial charge in [-0.3, -0.25) is 9.48 Å². The number of hydrogen-bond acceptors (Lipinski definition) is 2. The second kappa shape index (κ2) is 4.64. The molecular formula is C9H15N3O. The Morgan fingerprint density at radius 3 is 3.00 bits per heavy atom. The van der Waals surface area contributed by atoms with Crippen LogP contribution in [0.15, 0.2) is 18.5 Å². The number of amides is 1. The highest BCUT2D eigenvalue weighted by molar-refractivity contribution is 5.75. The van der Waals surface area contributed by atoms with Gasteiger partial charge in [-0.15, -0.1) is 0 Å². The summed E-state index contributed by atoms with van der Waals surface area (Å²) in [6, 6.07) is 2.04. The first kappa shape index (κ1) is 9.77. The van der Waals surface area contributed by atoms with Gasteiger partial charge in [0, 0.05) is 18.4 Å². The summed E-state index contributed by atoms with van der Waals surface area (Å²) in [5, 5.41) is 6.81. The fourth-order valence-electron chi connectivity index (χ4n) is 0.964. The lowest BCUT2D eigenvalue weighted by Crippen LogP contribution is -2.34. The molecule has 1 aromatic heterocycles. The number of carbonyl (C=O) groups is 1. The summed E-state index contributed by atoms with van der Waals surface area (Å²) in [5.74, 6) is 0.0121. The highest BCUT2D eigenvalue weighted by Crippen LogP contribution is 1.89. The first-order valence-electron chi connectivity index (χ1n) is 4.49. The SMILES string of the molecule is CCC(C)NC(=O)Cn1cccn1. The second-order valence-corrected chi connectivity index (χ2v) is 3.08. The molecular weight excluding hydrogens is 166 g/mol. The lowest BCUT2D eigenvalue weighted by molar-refractivity contribution is -0.122. The molecule has 1 N–H and O–H groups in total. The fraction of sp³-hybridized carbons (Fsp3) is 0.556. The topological polar surface area (TPSA) is 46.9 Å². The first-order chi connectivity index (χ1) is 6.22. The maximum atomic E-state index is 11.3. The van der Waals surface area contributed by atoms with Crippen LogP contribution in [0.5, 0.6) is 0 Å². The van der Waals surface area contributed by atoms with E-state index in [2.05, 4.69) is 10.4 Å². The number of nitrogens with one attached hydrogen (secondary N) is 1. The monoisotopic (exact) mass is 181 g/mol. The van der Waals surface area contributed by atoms with E-state index in [0.717, 1.165) is 6.42 Å². The van der Waals surface area contributed by atoms with Crippen LogP contribution in [0.25, 0.3) is 0 Å². The van der Waals surface area contributed by atoms with Crippen molar-refractivity contribution in [3.8, 4) is 0 Å². The molecule has 1 rings (SSSR count). The second-order valence-electron chi connectivity index (χ2n) is 3.08. The van der Waals surface area contributed by atoms with Crippen molar-refractivity contribution in [1.29, 1.82) is 0 Å². The Bertz CT molecular complexity index is 256. The van der Waals surface area contributed by atoms with Crippen molar-refractivity contribution >= 4 is 5.91 Å². The Morgan fingerprint density at radius 2 is 2.46 bits per heavy atom. The van der Waals surface area contributed by atoms with Crippen molar-refractivity contribution in [1.82, 2.24) is 15.1 Å². The standard InChI is InChI=1S/C9H15N3O/c1-3-8(2)11-9(13)7-12-6-4-5-10-12/h4-6,8H,3,7H2,1-2H3,(H,11,13). The van der Waals surface area contributed by atoms with E-state index in [-0.39, 0.29) is 11.9 Å². The molecule has 0 saturated carbocycles. The summed E-state index contributed by atoms with van der Waals surface area (Å²) in [6.45, 7) is 4.33. The smallest absolute Gasteiger partial charge is 0.241 e. The highest BCUT2D eigenvalue weighted by atomic mass is 16.2. The molecule has 0 radical (unpaired) electrons. The summed E-state index contributed by atoms with van der Waals surface area (Å²) in [5.41, 5.74) is 0. The molecule has 72 valence electrons. The number of rotatable bonds is 4. The Hall–Kier alpha value is -1.32. The van der Waals surface area contributed by atoms with Crippen molar-refractivity contribution < 1.29 is 4.79 Å². The van der Waals surface area contributed by atoms with Crippen molar-refractivity contribution in [2.45, 2.75) is 32.9 Å². The number of hydrogen-bond donors (Lipinski definition) is 1. The van der Waals surface area contributed by atoms with Crippen LogP contribution in [0.1, 0.15) is 20.3 Å². The molecule has 0 aliphatic rings. The van der Waals surface area contributed by atoms with Gasteiger partial charge in [0.05, 0.1) is 0 Å². The Balaban J connectivity index is 2.34. The van der Waals surface area contributed by atoms with E-state index in [0.29, 0.717) is 6.54 Å². The predicted octanol–water partition coefficient (Wildman–Crippen LogP) is 0.798. The maximum Gasteiger partial charge on any atom is 0.241 e. The molecule has 13 heavy (non-hydrogen) atoms. The van der Waals surface area contributed by atoms with E-state index < -0.39 is 0 Å². The van der Waals surface area contributed by atoms with Crippen molar-refractivity contribution in [2.75, 3.05) is 0 Å². The van der Waals surface area contributed by atoms with E-state index in [1.54, 1.807) is 23.1 Å². The van der Waals surface area contributed by atoms with Crippen LogP contribution in [0, 0.1) is 0 Å². The van der Waals surface area contributed by atoms with Crippen LogP contribution in [-0.2, 0) is 11.3 Å². The molecule has 1 amide bonds. The zero-order chi connectivity index (χ0) is 9.68. The molecule has 1 aromatic rings. The molecule has 0 saturated heterocycles. The molecule has 4 nitrogen and oxygen atoms in total. The van der Waals surface area contributed by atoms with E-state index in [1.807, 2.05) is 13.8 Å². The van der Waals surface area contributed by atoms with Crippen molar-refractivity contribution in [2.24, 2.45) is 0 Å². The lowest BCUT2D eigenvalue weighted by Gasteiger charge is -2.10. The average molecular weight is 181 g/mol. The summed E-state index contributed by atoms with van der Waals surface area (Å²) >= 11 is 0. The Morgan fingerprint density at radius 1 is 1.69 bits per heavy atom. The van der Waals surface area contributed by atoms with E-state index >= 15 is 0 Å². The fourth-order valence-corrected chi connectivity index (χ4v) is 0.964. The molecule has 0 aliphatic carbocycles. The van der Waals surface area contributed by atoms with E-state index in [4.69, 9.17) is 0 Å². The van der Waals surface area contributed by atoms with Gasteiger partial charge < -0.3 is 5.32 Å². The van der Waals surface area contributed by atoms with E-state index in [1.165, 1.54) is 0 Å². The minimum atomic E-state index is 0.0121. The van der Waals surface area contributed by atoms with Gasteiger partial charge in [-0.1, -0.05) is 6.92 Å². The third-order valence-corrected chi connectivity index (χ3v) is 1.88. The predicted molar refractivity (Wildman–Crippen MR) is 50.1 cm³/mol. The largest absolute Gasteiger partial charge is 0.352 e. The van der Waals surface area contributed by atoms with Crippen LogP contribution >= 0.6 is 0 Å². The van der Waals surface area contributed by atoms with Gasteiger partial charge in [0.25, 0.3) is 0 Å². The molecule has 1 atom stereocenters. The van der Waals surface area contributed by atoms with Crippen molar-refractivity contribution in [3.63, 3.8) is 0 Å². The van der Waals surface area contributed by atoms with Gasteiger partial charge in [0.15, 0.2) is 0 Å². The average Bonchev–Trinajstić information content (AvgIpc) is 2.56. The van der Waals surface area contributed by atoms with E-state index in [9.17, 15) is 4.79 Å². The number of nitrogens with zero attached hydrogens (tertiary/aromatic N) is 2. The Kier molecular flexibility index (Phi) is 3.49. The van der Waals surface area contributed by atoms with Gasteiger partial charge in [-0.05, 0) is 19.4 Å². The van der Waals surface area contributed by atoms with Gasteiger partial charge in [0.1, 0.15) is 6.54 Å². The van der Waals surface area contributed by atoms with Crippen LogP contribution in [0.2, 0.25) is 0 Å².